The molecule has 0 aromatic rings. The van der Waals surface area contributed by atoms with Gasteiger partial charge in [-0.25, -0.2) is 0 Å². The van der Waals surface area contributed by atoms with Crippen molar-refractivity contribution in [2.75, 3.05) is 6.54 Å². The number of carbonyl (C=O) groups excluding carboxylic acids is 2. The van der Waals surface area contributed by atoms with Gasteiger partial charge in [-0.05, 0) is 38.5 Å². The molecule has 2 rings (SSSR count). The Morgan fingerprint density at radius 3 is 2.10 bits per heavy atom. The summed E-state index contributed by atoms with van der Waals surface area (Å²) in [5.41, 5.74) is 10.8. The van der Waals surface area contributed by atoms with Gasteiger partial charge in [-0.3, -0.25) is 9.59 Å². The summed E-state index contributed by atoms with van der Waals surface area (Å²) in [7, 11) is 0. The van der Waals surface area contributed by atoms with Crippen LogP contribution >= 0.6 is 12.4 Å². The molecule has 116 valence electrons. The Hall–Kier alpha value is -0.810. The fraction of sp³-hybridized carbons (Fsp3) is 0.857. The minimum Gasteiger partial charge on any atom is -0.369 e. The van der Waals surface area contributed by atoms with E-state index in [1.54, 1.807) is 0 Å². The van der Waals surface area contributed by atoms with Crippen molar-refractivity contribution in [1.82, 2.24) is 5.32 Å². The first kappa shape index (κ1) is 17.2. The average Bonchev–Trinajstić information content (AvgIpc) is 2.89. The van der Waals surface area contributed by atoms with Crippen LogP contribution in [0.2, 0.25) is 0 Å². The van der Waals surface area contributed by atoms with Crippen molar-refractivity contribution >= 4 is 24.2 Å². The van der Waals surface area contributed by atoms with Crippen molar-refractivity contribution < 1.29 is 9.59 Å². The lowest BCUT2D eigenvalue weighted by Crippen LogP contribution is -2.49. The molecule has 5 nitrogen and oxygen atoms in total. The van der Waals surface area contributed by atoms with E-state index < -0.39 is 0 Å². The van der Waals surface area contributed by atoms with E-state index in [0.29, 0.717) is 6.54 Å². The number of rotatable bonds is 4. The van der Waals surface area contributed by atoms with Gasteiger partial charge in [-0.15, -0.1) is 12.4 Å². The molecule has 0 heterocycles. The molecule has 2 fully saturated rings. The molecule has 2 amide bonds. The number of halogens is 1. The summed E-state index contributed by atoms with van der Waals surface area (Å²) in [6.45, 7) is 0.440. The van der Waals surface area contributed by atoms with Crippen LogP contribution < -0.4 is 16.8 Å². The number of hydrogen-bond donors (Lipinski definition) is 3. The lowest BCUT2D eigenvalue weighted by molar-refractivity contribution is -0.131. The van der Waals surface area contributed by atoms with Crippen LogP contribution in [0, 0.1) is 11.3 Å². The maximum atomic E-state index is 12.4. The molecular formula is C14H26ClN3O2. The first-order valence-electron chi connectivity index (χ1n) is 7.38. The van der Waals surface area contributed by atoms with E-state index in [1.165, 1.54) is 0 Å². The molecule has 0 saturated heterocycles. The molecule has 0 radical (unpaired) electrons. The molecule has 6 heteroatoms. The number of nitrogens with two attached hydrogens (primary N) is 2. The van der Waals surface area contributed by atoms with Crippen LogP contribution in [0.15, 0.2) is 0 Å². The Bertz CT molecular complexity index is 348. The zero-order chi connectivity index (χ0) is 13.9. The summed E-state index contributed by atoms with van der Waals surface area (Å²) in [5.74, 6) is -0.0999. The first-order chi connectivity index (χ1) is 9.07. The van der Waals surface area contributed by atoms with Gasteiger partial charge in [-0.2, -0.15) is 0 Å². The zero-order valence-electron chi connectivity index (χ0n) is 11.9. The van der Waals surface area contributed by atoms with Crippen LogP contribution in [-0.4, -0.2) is 24.4 Å². The summed E-state index contributed by atoms with van der Waals surface area (Å²) < 4.78 is 0. The van der Waals surface area contributed by atoms with Crippen LogP contribution in [-0.2, 0) is 9.59 Å². The van der Waals surface area contributed by atoms with Crippen molar-refractivity contribution in [3.05, 3.63) is 0 Å². The topological polar surface area (TPSA) is 98.2 Å². The second-order valence-electron chi connectivity index (χ2n) is 6.12. The minimum atomic E-state index is -0.333. The van der Waals surface area contributed by atoms with Crippen molar-refractivity contribution in [3.63, 3.8) is 0 Å². The van der Waals surface area contributed by atoms with E-state index in [1.807, 2.05) is 0 Å². The van der Waals surface area contributed by atoms with Crippen molar-refractivity contribution in [2.45, 2.75) is 57.4 Å². The Kier molecular flexibility index (Phi) is 6.27. The maximum Gasteiger partial charge on any atom is 0.227 e. The van der Waals surface area contributed by atoms with E-state index in [2.05, 4.69) is 5.32 Å². The number of hydrogen-bond acceptors (Lipinski definition) is 3. The fourth-order valence-electron chi connectivity index (χ4n) is 3.44. The summed E-state index contributed by atoms with van der Waals surface area (Å²) in [6.07, 6.45) is 7.28. The average molecular weight is 304 g/mol. The Balaban J connectivity index is 0.00000200. The fourth-order valence-corrected chi connectivity index (χ4v) is 3.44. The van der Waals surface area contributed by atoms with Crippen molar-refractivity contribution in [2.24, 2.45) is 22.8 Å². The van der Waals surface area contributed by atoms with Crippen LogP contribution in [0.25, 0.3) is 0 Å². The predicted molar refractivity (Wildman–Crippen MR) is 80.3 cm³/mol. The summed E-state index contributed by atoms with van der Waals surface area (Å²) in [4.78, 5) is 23.5. The molecule has 0 bridgehead atoms. The molecule has 0 aromatic heterocycles. The highest BCUT2D eigenvalue weighted by atomic mass is 35.5. The van der Waals surface area contributed by atoms with Gasteiger partial charge in [0.05, 0.1) is 5.41 Å². The standard InChI is InChI=1S/C14H25N3O2.ClH/c15-9-14(7-1-2-8-14)13(19)17-11-5-3-10(4-6-11)12(16)18;/h10-11H,1-9,15H2,(H2,16,18)(H,17,19);1H. The number of nitrogens with one attached hydrogen (secondary N) is 1. The molecule has 0 unspecified atom stereocenters. The van der Waals surface area contributed by atoms with E-state index in [-0.39, 0.29) is 41.6 Å². The van der Waals surface area contributed by atoms with Crippen LogP contribution in [0.4, 0.5) is 0 Å². The number of amides is 2. The Labute approximate surface area is 126 Å². The predicted octanol–water partition coefficient (Wildman–Crippen LogP) is 1.09. The third-order valence-corrected chi connectivity index (χ3v) is 4.90. The SMILES string of the molecule is Cl.NCC1(C(=O)NC2CCC(C(N)=O)CC2)CCCC1. The van der Waals surface area contributed by atoms with Gasteiger partial charge >= 0.3 is 0 Å². The van der Waals surface area contributed by atoms with Crippen LogP contribution in [0.1, 0.15) is 51.4 Å². The lowest BCUT2D eigenvalue weighted by Gasteiger charge is -2.32. The molecule has 2 aliphatic rings. The van der Waals surface area contributed by atoms with Crippen molar-refractivity contribution in [1.29, 1.82) is 0 Å². The number of primary amides is 1. The number of carbonyl (C=O) groups is 2. The summed E-state index contributed by atoms with van der Waals surface area (Å²) in [6, 6.07) is 0.187. The maximum absolute atomic E-state index is 12.4. The molecule has 2 aliphatic carbocycles. The van der Waals surface area contributed by atoms with Gasteiger partial charge in [0.15, 0.2) is 0 Å². The Morgan fingerprint density at radius 1 is 1.10 bits per heavy atom. The largest absolute Gasteiger partial charge is 0.369 e. The highest BCUT2D eigenvalue weighted by molar-refractivity contribution is 5.85. The van der Waals surface area contributed by atoms with Gasteiger partial charge < -0.3 is 16.8 Å². The van der Waals surface area contributed by atoms with E-state index in [9.17, 15) is 9.59 Å². The molecule has 0 aliphatic heterocycles. The highest BCUT2D eigenvalue weighted by Gasteiger charge is 2.40. The van der Waals surface area contributed by atoms with Crippen LogP contribution in [0.3, 0.4) is 0 Å². The highest BCUT2D eigenvalue weighted by Crippen LogP contribution is 2.37. The molecule has 0 spiro atoms. The molecule has 0 aromatic carbocycles. The Morgan fingerprint density at radius 2 is 1.65 bits per heavy atom. The zero-order valence-corrected chi connectivity index (χ0v) is 12.7. The van der Waals surface area contributed by atoms with Crippen molar-refractivity contribution in [3.8, 4) is 0 Å². The molecular weight excluding hydrogens is 278 g/mol. The van der Waals surface area contributed by atoms with E-state index in [0.717, 1.165) is 51.4 Å². The smallest absolute Gasteiger partial charge is 0.227 e. The first-order valence-corrected chi connectivity index (χ1v) is 7.38. The normalized spacial score (nSPS) is 28.4. The van der Waals surface area contributed by atoms with Gasteiger partial charge in [0.25, 0.3) is 0 Å². The van der Waals surface area contributed by atoms with E-state index in [4.69, 9.17) is 11.5 Å². The van der Waals surface area contributed by atoms with Gasteiger partial charge in [0, 0.05) is 18.5 Å². The molecule has 2 saturated carbocycles. The quantitative estimate of drug-likeness (QED) is 0.725. The molecule has 20 heavy (non-hydrogen) atoms. The monoisotopic (exact) mass is 303 g/mol. The summed E-state index contributed by atoms with van der Waals surface area (Å²) in [5, 5.41) is 3.14. The summed E-state index contributed by atoms with van der Waals surface area (Å²) >= 11 is 0. The third-order valence-electron chi connectivity index (χ3n) is 4.90. The molecule has 0 atom stereocenters. The third kappa shape index (κ3) is 3.64. The van der Waals surface area contributed by atoms with Gasteiger partial charge in [0.2, 0.25) is 11.8 Å². The van der Waals surface area contributed by atoms with Crippen LogP contribution in [0.5, 0.6) is 0 Å². The van der Waals surface area contributed by atoms with Gasteiger partial charge in [-0.1, -0.05) is 12.8 Å². The molecule has 5 N–H and O–H groups in total. The van der Waals surface area contributed by atoms with E-state index >= 15 is 0 Å². The lowest BCUT2D eigenvalue weighted by atomic mass is 9.82. The second kappa shape index (κ2) is 7.27. The van der Waals surface area contributed by atoms with Gasteiger partial charge in [0.1, 0.15) is 0 Å². The second-order valence-corrected chi connectivity index (χ2v) is 6.12. The minimum absolute atomic E-state index is 0.